The number of sulfonamides is 1. The predicted octanol–water partition coefficient (Wildman–Crippen LogP) is 2.94. The highest BCUT2D eigenvalue weighted by Gasteiger charge is 2.34. The fourth-order valence-electron chi connectivity index (χ4n) is 4.50. The van der Waals surface area contributed by atoms with E-state index in [1.807, 2.05) is 12.1 Å². The number of nitrogens with one attached hydrogen (secondary N) is 2. The summed E-state index contributed by atoms with van der Waals surface area (Å²) in [5.74, 6) is -0.505. The minimum atomic E-state index is -4.08. The standard InChI is InChI=1S/C24H28N6O5S2.ClH/c1-28(18-5-4-12-29(14-18)24(25)26)23(31)20(13-16-8-10-17(11-9-16)30(32)33)27-37(34,35)22-15-36-21-7-3-2-6-19(21)22;/h2-3,6-11,15,18,20,27H,4-5,12-14H2,1H3,(H3,25,26);1H. The van der Waals surface area contributed by atoms with Crippen molar-refractivity contribution >= 4 is 61.4 Å². The number of nitro benzene ring substituents is 1. The number of non-ortho nitro benzene ring substituents is 1. The molecule has 1 aromatic heterocycles. The Morgan fingerprint density at radius 2 is 1.97 bits per heavy atom. The van der Waals surface area contributed by atoms with Gasteiger partial charge >= 0.3 is 0 Å². The molecule has 1 fully saturated rings. The molecule has 0 spiro atoms. The van der Waals surface area contributed by atoms with Gasteiger partial charge in [0.2, 0.25) is 15.9 Å². The highest BCUT2D eigenvalue weighted by Crippen LogP contribution is 2.29. The van der Waals surface area contributed by atoms with Crippen LogP contribution >= 0.6 is 23.7 Å². The smallest absolute Gasteiger partial charge is 0.269 e. The molecular formula is C24H29ClN6O5S2. The molecule has 204 valence electrons. The Morgan fingerprint density at radius 3 is 2.63 bits per heavy atom. The molecule has 1 aliphatic heterocycles. The topological polar surface area (TPSA) is 163 Å². The van der Waals surface area contributed by atoms with Crippen LogP contribution < -0.4 is 10.5 Å². The number of nitrogens with zero attached hydrogens (tertiary/aromatic N) is 3. The van der Waals surface area contributed by atoms with E-state index in [1.54, 1.807) is 29.5 Å². The fourth-order valence-corrected chi connectivity index (χ4v) is 7.19. The van der Waals surface area contributed by atoms with Gasteiger partial charge in [-0.2, -0.15) is 4.72 Å². The highest BCUT2D eigenvalue weighted by molar-refractivity contribution is 7.90. The van der Waals surface area contributed by atoms with Crippen LogP contribution in [0.1, 0.15) is 18.4 Å². The number of nitro groups is 1. The van der Waals surface area contributed by atoms with Crippen LogP contribution in [0.15, 0.2) is 58.8 Å². The van der Waals surface area contributed by atoms with Gasteiger partial charge in [0.1, 0.15) is 10.9 Å². The van der Waals surface area contributed by atoms with Crippen LogP contribution in [0.3, 0.4) is 0 Å². The SMILES string of the molecule is CN(C(=O)C(Cc1ccc([N+](=O)[O-])cc1)NS(=O)(=O)c1csc2ccccc12)C1CCCN(C(=N)N)C1.Cl. The Kier molecular flexibility index (Phi) is 9.31. The number of amides is 1. The van der Waals surface area contributed by atoms with Gasteiger partial charge in [0.05, 0.1) is 4.92 Å². The molecule has 1 amide bonds. The Hall–Kier alpha value is -3.26. The van der Waals surface area contributed by atoms with Crippen molar-refractivity contribution in [1.29, 1.82) is 5.41 Å². The summed E-state index contributed by atoms with van der Waals surface area (Å²) in [6, 6.07) is 11.4. The minimum absolute atomic E-state index is 0. The summed E-state index contributed by atoms with van der Waals surface area (Å²) in [7, 11) is -2.46. The molecule has 2 atom stereocenters. The molecule has 2 heterocycles. The molecule has 0 aliphatic carbocycles. The van der Waals surface area contributed by atoms with Gasteiger partial charge in [0, 0.05) is 53.8 Å². The van der Waals surface area contributed by atoms with Crippen molar-refractivity contribution in [1.82, 2.24) is 14.5 Å². The number of fused-ring (bicyclic) bond motifs is 1. The molecule has 2 unspecified atom stereocenters. The van der Waals surface area contributed by atoms with Crippen LogP contribution in [0.4, 0.5) is 5.69 Å². The molecule has 0 radical (unpaired) electrons. The van der Waals surface area contributed by atoms with Gasteiger partial charge in [-0.1, -0.05) is 30.3 Å². The lowest BCUT2D eigenvalue weighted by Gasteiger charge is -2.39. The van der Waals surface area contributed by atoms with Gasteiger partial charge in [0.25, 0.3) is 5.69 Å². The maximum atomic E-state index is 13.7. The Morgan fingerprint density at radius 1 is 1.29 bits per heavy atom. The van der Waals surface area contributed by atoms with E-state index in [2.05, 4.69) is 4.72 Å². The molecule has 3 aromatic rings. The average Bonchev–Trinajstić information content (AvgIpc) is 3.33. The number of thiophene rings is 1. The van der Waals surface area contributed by atoms with E-state index in [-0.39, 0.29) is 41.4 Å². The minimum Gasteiger partial charge on any atom is -0.370 e. The Balaban J connectivity index is 0.00000400. The number of carbonyl (C=O) groups is 1. The fraction of sp³-hybridized carbons (Fsp3) is 0.333. The molecular weight excluding hydrogens is 552 g/mol. The molecule has 11 nitrogen and oxygen atoms in total. The molecule has 14 heteroatoms. The summed E-state index contributed by atoms with van der Waals surface area (Å²) in [5.41, 5.74) is 6.13. The lowest BCUT2D eigenvalue weighted by Crippen LogP contribution is -2.56. The average molecular weight is 581 g/mol. The van der Waals surface area contributed by atoms with E-state index in [0.717, 1.165) is 11.1 Å². The zero-order valence-corrected chi connectivity index (χ0v) is 23.0. The molecule has 2 aromatic carbocycles. The number of hydrogen-bond donors (Lipinski definition) is 3. The Bertz CT molecular complexity index is 1430. The van der Waals surface area contributed by atoms with Gasteiger partial charge in [-0.3, -0.25) is 20.3 Å². The van der Waals surface area contributed by atoms with E-state index in [9.17, 15) is 23.3 Å². The van der Waals surface area contributed by atoms with E-state index in [0.29, 0.717) is 30.5 Å². The van der Waals surface area contributed by atoms with Crippen LogP contribution in [0, 0.1) is 15.5 Å². The number of likely N-dealkylation sites (tertiary alicyclic amines) is 1. The second-order valence-corrected chi connectivity index (χ2v) is 11.6. The third-order valence-corrected chi connectivity index (χ3v) is 9.17. The normalized spacial score (nSPS) is 16.4. The summed E-state index contributed by atoms with van der Waals surface area (Å²) >= 11 is 1.30. The van der Waals surface area contributed by atoms with Crippen LogP contribution in [0.5, 0.6) is 0 Å². The van der Waals surface area contributed by atoms with Gasteiger partial charge in [-0.05, 0) is 30.9 Å². The van der Waals surface area contributed by atoms with Gasteiger partial charge in [-0.25, -0.2) is 8.42 Å². The molecule has 0 bridgehead atoms. The van der Waals surface area contributed by atoms with Crippen molar-refractivity contribution in [3.8, 4) is 0 Å². The number of piperidine rings is 1. The molecule has 4 rings (SSSR count). The molecule has 38 heavy (non-hydrogen) atoms. The van der Waals surface area contributed by atoms with E-state index >= 15 is 0 Å². The molecule has 0 saturated carbocycles. The Labute approximate surface area is 230 Å². The van der Waals surface area contributed by atoms with Gasteiger partial charge in [-0.15, -0.1) is 23.7 Å². The van der Waals surface area contributed by atoms with E-state index < -0.39 is 26.9 Å². The zero-order valence-electron chi connectivity index (χ0n) is 20.6. The second kappa shape index (κ2) is 12.1. The highest BCUT2D eigenvalue weighted by atomic mass is 35.5. The lowest BCUT2D eigenvalue weighted by atomic mass is 10.0. The second-order valence-electron chi connectivity index (χ2n) is 8.97. The number of likely N-dealkylation sites (N-methyl/N-ethyl adjacent to an activating group) is 1. The summed E-state index contributed by atoms with van der Waals surface area (Å²) in [6.45, 7) is 1.00. The zero-order chi connectivity index (χ0) is 26.7. The summed E-state index contributed by atoms with van der Waals surface area (Å²) in [4.78, 5) is 27.5. The molecule has 1 aliphatic rings. The maximum absolute atomic E-state index is 13.7. The largest absolute Gasteiger partial charge is 0.370 e. The molecule has 1 saturated heterocycles. The van der Waals surface area contributed by atoms with Gasteiger partial charge in [0.15, 0.2) is 5.96 Å². The quantitative estimate of drug-likeness (QED) is 0.160. The maximum Gasteiger partial charge on any atom is 0.269 e. The monoisotopic (exact) mass is 580 g/mol. The van der Waals surface area contributed by atoms with Crippen molar-refractivity contribution in [3.63, 3.8) is 0 Å². The van der Waals surface area contributed by atoms with Gasteiger partial charge < -0.3 is 15.5 Å². The van der Waals surface area contributed by atoms with E-state index in [1.165, 1.54) is 40.5 Å². The first kappa shape index (κ1) is 29.3. The first-order valence-corrected chi connectivity index (χ1v) is 14.0. The van der Waals surface area contributed by atoms with Crippen molar-refractivity contribution in [3.05, 3.63) is 69.6 Å². The van der Waals surface area contributed by atoms with Crippen LogP contribution in [0.2, 0.25) is 0 Å². The third-order valence-electron chi connectivity index (χ3n) is 6.55. The van der Waals surface area contributed by atoms with E-state index in [4.69, 9.17) is 11.1 Å². The van der Waals surface area contributed by atoms with Crippen molar-refractivity contribution < 1.29 is 18.1 Å². The number of benzene rings is 2. The number of carbonyl (C=O) groups excluding carboxylic acids is 1. The predicted molar refractivity (Wildman–Crippen MR) is 149 cm³/mol. The van der Waals surface area contributed by atoms with Crippen molar-refractivity contribution in [2.24, 2.45) is 5.73 Å². The number of hydrogen-bond acceptors (Lipinski definition) is 7. The summed E-state index contributed by atoms with van der Waals surface area (Å²) < 4.78 is 30.4. The first-order chi connectivity index (χ1) is 17.6. The van der Waals surface area contributed by atoms with Crippen LogP contribution in [-0.2, 0) is 21.2 Å². The summed E-state index contributed by atoms with van der Waals surface area (Å²) in [6.07, 6.45) is 1.44. The number of nitrogens with two attached hydrogens (primary N) is 1. The number of halogens is 1. The van der Waals surface area contributed by atoms with Crippen molar-refractivity contribution in [2.75, 3.05) is 20.1 Å². The van der Waals surface area contributed by atoms with Crippen molar-refractivity contribution in [2.45, 2.75) is 36.2 Å². The lowest BCUT2D eigenvalue weighted by molar-refractivity contribution is -0.384. The van der Waals surface area contributed by atoms with Crippen LogP contribution in [-0.4, -0.2) is 67.2 Å². The first-order valence-electron chi connectivity index (χ1n) is 11.6. The third kappa shape index (κ3) is 6.41. The number of rotatable bonds is 8. The summed E-state index contributed by atoms with van der Waals surface area (Å²) in [5, 5.41) is 20.9. The molecule has 4 N–H and O–H groups in total. The van der Waals surface area contributed by atoms with Crippen LogP contribution in [0.25, 0.3) is 10.1 Å². The number of guanidine groups is 1.